The minimum absolute atomic E-state index is 0.0861. The lowest BCUT2D eigenvalue weighted by atomic mass is 10.1. The van der Waals surface area contributed by atoms with E-state index in [4.69, 9.17) is 50.0 Å². The fourth-order valence-electron chi connectivity index (χ4n) is 1.93. The van der Waals surface area contributed by atoms with Gasteiger partial charge in [-0.3, -0.25) is 9.59 Å². The maximum atomic E-state index is 12.4. The smallest absolute Gasteiger partial charge is 0.255 e. The van der Waals surface area contributed by atoms with E-state index in [-0.39, 0.29) is 33.7 Å². The van der Waals surface area contributed by atoms with E-state index in [0.717, 1.165) is 0 Å². The number of nitrogens with two attached hydrogens (primary N) is 1. The van der Waals surface area contributed by atoms with Crippen molar-refractivity contribution in [3.05, 3.63) is 51.0 Å². The number of amides is 2. The molecule has 0 saturated carbocycles. The molecule has 0 spiro atoms. The Labute approximate surface area is 158 Å². The van der Waals surface area contributed by atoms with Crippen molar-refractivity contribution in [2.24, 2.45) is 5.73 Å². The molecule has 25 heavy (non-hydrogen) atoms. The quantitative estimate of drug-likeness (QED) is 0.768. The van der Waals surface area contributed by atoms with Gasteiger partial charge in [0.25, 0.3) is 11.8 Å². The van der Waals surface area contributed by atoms with Crippen LogP contribution in [-0.2, 0) is 4.79 Å². The molecule has 0 radical (unpaired) electrons. The van der Waals surface area contributed by atoms with Gasteiger partial charge in [-0.05, 0) is 24.3 Å². The van der Waals surface area contributed by atoms with Crippen molar-refractivity contribution in [3.63, 3.8) is 0 Å². The van der Waals surface area contributed by atoms with Crippen molar-refractivity contribution < 1.29 is 19.1 Å². The SMILES string of the molecule is COc1cc(C(=O)Nc2cccc(Cl)c2Cl)cc(Cl)c1OCC(N)=O. The average Bonchev–Trinajstić information content (AvgIpc) is 2.56. The van der Waals surface area contributed by atoms with E-state index in [1.165, 1.54) is 19.2 Å². The van der Waals surface area contributed by atoms with Gasteiger partial charge in [0.2, 0.25) is 0 Å². The molecule has 2 rings (SSSR count). The lowest BCUT2D eigenvalue weighted by Gasteiger charge is -2.14. The number of halogens is 3. The molecule has 0 saturated heterocycles. The Kier molecular flexibility index (Phi) is 6.36. The zero-order valence-corrected chi connectivity index (χ0v) is 15.2. The first-order chi connectivity index (χ1) is 11.8. The van der Waals surface area contributed by atoms with Crippen LogP contribution in [0.5, 0.6) is 11.5 Å². The van der Waals surface area contributed by atoms with Crippen molar-refractivity contribution in [1.82, 2.24) is 0 Å². The third-order valence-electron chi connectivity index (χ3n) is 3.05. The summed E-state index contributed by atoms with van der Waals surface area (Å²) in [6.07, 6.45) is 0. The van der Waals surface area contributed by atoms with Crippen LogP contribution < -0.4 is 20.5 Å². The molecule has 2 amide bonds. The Morgan fingerprint density at radius 1 is 1.16 bits per heavy atom. The lowest BCUT2D eigenvalue weighted by molar-refractivity contribution is -0.119. The van der Waals surface area contributed by atoms with Gasteiger partial charge in [0, 0.05) is 5.56 Å². The largest absolute Gasteiger partial charge is 0.493 e. The predicted molar refractivity (Wildman–Crippen MR) is 97.1 cm³/mol. The zero-order chi connectivity index (χ0) is 18.6. The van der Waals surface area contributed by atoms with Gasteiger partial charge in [-0.15, -0.1) is 0 Å². The number of nitrogens with one attached hydrogen (secondary N) is 1. The maximum absolute atomic E-state index is 12.4. The number of ether oxygens (including phenoxy) is 2. The molecule has 0 unspecified atom stereocenters. The van der Waals surface area contributed by atoms with Gasteiger partial charge in [0.1, 0.15) is 0 Å². The van der Waals surface area contributed by atoms with Crippen LogP contribution in [0.4, 0.5) is 5.69 Å². The molecule has 0 aliphatic heterocycles. The van der Waals surface area contributed by atoms with Crippen LogP contribution in [0.25, 0.3) is 0 Å². The third kappa shape index (κ3) is 4.69. The Hall–Kier alpha value is -2.15. The van der Waals surface area contributed by atoms with Crippen molar-refractivity contribution >= 4 is 52.3 Å². The summed E-state index contributed by atoms with van der Waals surface area (Å²) in [5.41, 5.74) is 5.59. The Morgan fingerprint density at radius 3 is 2.52 bits per heavy atom. The molecule has 0 aliphatic rings. The van der Waals surface area contributed by atoms with Gasteiger partial charge in [-0.1, -0.05) is 40.9 Å². The summed E-state index contributed by atoms with van der Waals surface area (Å²) in [6.45, 7) is -0.375. The van der Waals surface area contributed by atoms with Crippen LogP contribution in [0.15, 0.2) is 30.3 Å². The first-order valence-corrected chi connectivity index (χ1v) is 8.01. The van der Waals surface area contributed by atoms with Gasteiger partial charge in [0.05, 0.1) is 27.9 Å². The Balaban J connectivity index is 2.29. The molecular weight excluding hydrogens is 391 g/mol. The second kappa shape index (κ2) is 8.29. The highest BCUT2D eigenvalue weighted by atomic mass is 35.5. The molecule has 2 aromatic carbocycles. The molecule has 0 aliphatic carbocycles. The molecular formula is C16H13Cl3N2O4. The number of rotatable bonds is 6. The average molecular weight is 404 g/mol. The maximum Gasteiger partial charge on any atom is 0.255 e. The number of benzene rings is 2. The molecule has 3 N–H and O–H groups in total. The third-order valence-corrected chi connectivity index (χ3v) is 4.15. The molecule has 0 bridgehead atoms. The standard InChI is InChI=1S/C16H13Cl3N2O4/c1-24-12-6-8(5-10(18)15(12)25-7-13(20)22)16(23)21-11-4-2-3-9(17)14(11)19/h2-6H,7H2,1H3,(H2,20,22)(H,21,23). The molecule has 132 valence electrons. The Morgan fingerprint density at radius 2 is 1.88 bits per heavy atom. The minimum Gasteiger partial charge on any atom is -0.493 e. The van der Waals surface area contributed by atoms with E-state index in [2.05, 4.69) is 5.32 Å². The normalized spacial score (nSPS) is 10.2. The number of primary amides is 1. The van der Waals surface area contributed by atoms with E-state index < -0.39 is 11.8 Å². The molecule has 0 fully saturated rings. The molecule has 9 heteroatoms. The fourth-order valence-corrected chi connectivity index (χ4v) is 2.54. The summed E-state index contributed by atoms with van der Waals surface area (Å²) in [4.78, 5) is 23.3. The molecule has 0 heterocycles. The highest BCUT2D eigenvalue weighted by Crippen LogP contribution is 2.37. The monoisotopic (exact) mass is 402 g/mol. The topological polar surface area (TPSA) is 90.7 Å². The van der Waals surface area contributed by atoms with Crippen LogP contribution in [-0.4, -0.2) is 25.5 Å². The summed E-state index contributed by atoms with van der Waals surface area (Å²) in [6, 6.07) is 7.64. The second-order valence-corrected chi connectivity index (χ2v) is 5.99. The van der Waals surface area contributed by atoms with E-state index >= 15 is 0 Å². The number of methoxy groups -OCH3 is 1. The van der Waals surface area contributed by atoms with Crippen LogP contribution in [0, 0.1) is 0 Å². The highest BCUT2D eigenvalue weighted by Gasteiger charge is 2.17. The highest BCUT2D eigenvalue weighted by molar-refractivity contribution is 6.44. The van der Waals surface area contributed by atoms with Gasteiger partial charge in [0.15, 0.2) is 18.1 Å². The number of anilines is 1. The van der Waals surface area contributed by atoms with Crippen molar-refractivity contribution in [3.8, 4) is 11.5 Å². The lowest BCUT2D eigenvalue weighted by Crippen LogP contribution is -2.20. The van der Waals surface area contributed by atoms with E-state index in [1.807, 2.05) is 0 Å². The molecule has 2 aromatic rings. The van der Waals surface area contributed by atoms with Crippen LogP contribution in [0.2, 0.25) is 15.1 Å². The zero-order valence-electron chi connectivity index (χ0n) is 12.9. The fraction of sp³-hybridized carbons (Fsp3) is 0.125. The van der Waals surface area contributed by atoms with Crippen molar-refractivity contribution in [2.75, 3.05) is 19.0 Å². The number of hydrogen-bond acceptors (Lipinski definition) is 4. The first kappa shape index (κ1) is 19.2. The predicted octanol–water partition coefficient (Wildman–Crippen LogP) is 3.77. The van der Waals surface area contributed by atoms with Gasteiger partial charge in [-0.2, -0.15) is 0 Å². The molecule has 6 nitrogen and oxygen atoms in total. The van der Waals surface area contributed by atoms with Crippen LogP contribution in [0.1, 0.15) is 10.4 Å². The summed E-state index contributed by atoms with van der Waals surface area (Å²) in [7, 11) is 1.37. The molecule has 0 aromatic heterocycles. The summed E-state index contributed by atoms with van der Waals surface area (Å²) in [5, 5.41) is 3.25. The summed E-state index contributed by atoms with van der Waals surface area (Å²) >= 11 is 18.1. The minimum atomic E-state index is -0.671. The number of carbonyl (C=O) groups excluding carboxylic acids is 2. The van der Waals surface area contributed by atoms with Gasteiger partial charge >= 0.3 is 0 Å². The van der Waals surface area contributed by atoms with E-state index in [9.17, 15) is 9.59 Å². The summed E-state index contributed by atoms with van der Waals surface area (Å²) in [5.74, 6) is -0.863. The number of carbonyl (C=O) groups is 2. The second-order valence-electron chi connectivity index (χ2n) is 4.80. The molecule has 0 atom stereocenters. The van der Waals surface area contributed by atoms with Crippen molar-refractivity contribution in [1.29, 1.82) is 0 Å². The van der Waals surface area contributed by atoms with Gasteiger partial charge in [-0.25, -0.2) is 0 Å². The van der Waals surface area contributed by atoms with Crippen molar-refractivity contribution in [2.45, 2.75) is 0 Å². The first-order valence-electron chi connectivity index (χ1n) is 6.87. The van der Waals surface area contributed by atoms with E-state index in [1.54, 1.807) is 18.2 Å². The van der Waals surface area contributed by atoms with E-state index in [0.29, 0.717) is 10.7 Å². The number of hydrogen-bond donors (Lipinski definition) is 2. The Bertz CT molecular complexity index is 827. The van der Waals surface area contributed by atoms with Crippen LogP contribution >= 0.6 is 34.8 Å². The summed E-state index contributed by atoms with van der Waals surface area (Å²) < 4.78 is 10.4. The van der Waals surface area contributed by atoms with Gasteiger partial charge < -0.3 is 20.5 Å². The van der Waals surface area contributed by atoms with Crippen LogP contribution in [0.3, 0.4) is 0 Å².